The number of nitrogens with zero attached hydrogens (tertiary/aromatic N) is 2. The molecule has 0 aliphatic carbocycles. The number of nitrogens with one attached hydrogen (secondary N) is 2. The standard InChI is InChI=1S/C26H32N4O.HI/c1-27-26(28-14-13-22-11-6-10-21-7-4-5-12-25(21)22)29-19-23-8-2-3-9-24(23)20-30-15-17-31-18-16-30;/h2-12H,13-20H2,1H3,(H2,27,28,29);1H. The van der Waals surface area contributed by atoms with Crippen molar-refractivity contribution < 1.29 is 4.74 Å². The van der Waals surface area contributed by atoms with Gasteiger partial charge in [-0.15, -0.1) is 24.0 Å². The Morgan fingerprint density at radius 1 is 0.875 bits per heavy atom. The summed E-state index contributed by atoms with van der Waals surface area (Å²) in [6.07, 6.45) is 0.954. The zero-order valence-electron chi connectivity index (χ0n) is 18.7. The van der Waals surface area contributed by atoms with Gasteiger partial charge in [-0.3, -0.25) is 9.89 Å². The molecule has 1 saturated heterocycles. The summed E-state index contributed by atoms with van der Waals surface area (Å²) in [6, 6.07) is 23.7. The van der Waals surface area contributed by atoms with Gasteiger partial charge in [-0.1, -0.05) is 66.7 Å². The predicted molar refractivity (Wildman–Crippen MR) is 144 cm³/mol. The lowest BCUT2D eigenvalue weighted by molar-refractivity contribution is 0.0341. The third kappa shape index (κ3) is 6.67. The fraction of sp³-hybridized carbons (Fsp3) is 0.346. The zero-order chi connectivity index (χ0) is 21.3. The van der Waals surface area contributed by atoms with Crippen molar-refractivity contribution in [3.63, 3.8) is 0 Å². The van der Waals surface area contributed by atoms with Crippen LogP contribution in [0.4, 0.5) is 0 Å². The van der Waals surface area contributed by atoms with Crippen LogP contribution in [-0.4, -0.2) is 50.8 Å². The maximum absolute atomic E-state index is 5.48. The number of rotatable bonds is 7. The Labute approximate surface area is 208 Å². The van der Waals surface area contributed by atoms with Gasteiger partial charge in [0.2, 0.25) is 0 Å². The second kappa shape index (κ2) is 12.8. The van der Waals surface area contributed by atoms with Gasteiger partial charge in [0.15, 0.2) is 5.96 Å². The molecule has 0 atom stereocenters. The van der Waals surface area contributed by atoms with Crippen LogP contribution >= 0.6 is 24.0 Å². The van der Waals surface area contributed by atoms with E-state index >= 15 is 0 Å². The molecule has 2 N–H and O–H groups in total. The molecule has 170 valence electrons. The van der Waals surface area contributed by atoms with Crippen LogP contribution in [0.2, 0.25) is 0 Å². The third-order valence-corrected chi connectivity index (χ3v) is 5.85. The molecule has 0 saturated carbocycles. The zero-order valence-corrected chi connectivity index (χ0v) is 21.0. The SMILES string of the molecule is CN=C(NCCc1cccc2ccccc12)NCc1ccccc1CN1CCOCC1.I. The summed E-state index contributed by atoms with van der Waals surface area (Å²) in [4.78, 5) is 6.87. The van der Waals surface area contributed by atoms with Crippen LogP contribution in [0.1, 0.15) is 16.7 Å². The topological polar surface area (TPSA) is 48.9 Å². The minimum atomic E-state index is 0. The fourth-order valence-electron chi connectivity index (χ4n) is 4.11. The van der Waals surface area contributed by atoms with Crippen LogP contribution in [0, 0.1) is 0 Å². The van der Waals surface area contributed by atoms with Gasteiger partial charge >= 0.3 is 0 Å². The first-order valence-electron chi connectivity index (χ1n) is 11.1. The van der Waals surface area contributed by atoms with Crippen LogP contribution in [-0.2, 0) is 24.2 Å². The van der Waals surface area contributed by atoms with E-state index in [1.165, 1.54) is 27.5 Å². The molecule has 4 rings (SSSR count). The van der Waals surface area contributed by atoms with E-state index in [0.29, 0.717) is 0 Å². The van der Waals surface area contributed by atoms with Crippen molar-refractivity contribution in [2.45, 2.75) is 19.5 Å². The Hall–Kier alpha value is -2.16. The van der Waals surface area contributed by atoms with Gasteiger partial charge in [-0.05, 0) is 33.9 Å². The second-order valence-corrected chi connectivity index (χ2v) is 7.90. The molecule has 1 aliphatic rings. The highest BCUT2D eigenvalue weighted by Crippen LogP contribution is 2.18. The summed E-state index contributed by atoms with van der Waals surface area (Å²) in [5.74, 6) is 0.835. The number of halogens is 1. The highest BCUT2D eigenvalue weighted by Gasteiger charge is 2.12. The van der Waals surface area contributed by atoms with E-state index in [1.807, 2.05) is 7.05 Å². The Morgan fingerprint density at radius 2 is 1.56 bits per heavy atom. The average Bonchev–Trinajstić information content (AvgIpc) is 2.83. The first-order chi connectivity index (χ1) is 15.3. The van der Waals surface area contributed by atoms with Gasteiger partial charge in [0.1, 0.15) is 0 Å². The van der Waals surface area contributed by atoms with Crippen LogP contribution < -0.4 is 10.6 Å². The number of aliphatic imine (C=N–C) groups is 1. The van der Waals surface area contributed by atoms with Gasteiger partial charge in [0.25, 0.3) is 0 Å². The summed E-state index contributed by atoms with van der Waals surface area (Å²) < 4.78 is 5.48. The van der Waals surface area contributed by atoms with E-state index in [2.05, 4.69) is 87.3 Å². The van der Waals surface area contributed by atoms with E-state index in [1.54, 1.807) is 0 Å². The van der Waals surface area contributed by atoms with Gasteiger partial charge in [-0.25, -0.2) is 0 Å². The number of hydrogen-bond donors (Lipinski definition) is 2. The first kappa shape index (κ1) is 24.5. The van der Waals surface area contributed by atoms with E-state index in [0.717, 1.165) is 58.3 Å². The van der Waals surface area contributed by atoms with Crippen molar-refractivity contribution in [3.8, 4) is 0 Å². The largest absolute Gasteiger partial charge is 0.379 e. The first-order valence-corrected chi connectivity index (χ1v) is 11.1. The van der Waals surface area contributed by atoms with Crippen molar-refractivity contribution >= 4 is 40.7 Å². The lowest BCUT2D eigenvalue weighted by Crippen LogP contribution is -2.38. The van der Waals surface area contributed by atoms with Gasteiger partial charge < -0.3 is 15.4 Å². The van der Waals surface area contributed by atoms with Gasteiger partial charge in [0.05, 0.1) is 13.2 Å². The number of morpholine rings is 1. The Bertz CT molecular complexity index is 1010. The molecule has 5 nitrogen and oxygen atoms in total. The predicted octanol–water partition coefficient (Wildman–Crippen LogP) is 4.20. The smallest absolute Gasteiger partial charge is 0.191 e. The Morgan fingerprint density at radius 3 is 2.38 bits per heavy atom. The molecule has 1 aliphatic heterocycles. The van der Waals surface area contributed by atoms with E-state index < -0.39 is 0 Å². The second-order valence-electron chi connectivity index (χ2n) is 7.90. The van der Waals surface area contributed by atoms with E-state index in [9.17, 15) is 0 Å². The van der Waals surface area contributed by atoms with Crippen molar-refractivity contribution in [2.24, 2.45) is 4.99 Å². The fourth-order valence-corrected chi connectivity index (χ4v) is 4.11. The quantitative estimate of drug-likeness (QED) is 0.266. The minimum Gasteiger partial charge on any atom is -0.379 e. The monoisotopic (exact) mass is 544 g/mol. The van der Waals surface area contributed by atoms with Crippen LogP contribution in [0.3, 0.4) is 0 Å². The molecule has 32 heavy (non-hydrogen) atoms. The molecule has 0 amide bonds. The van der Waals surface area contributed by atoms with E-state index in [4.69, 9.17) is 4.74 Å². The van der Waals surface area contributed by atoms with Crippen molar-refractivity contribution in [2.75, 3.05) is 39.9 Å². The van der Waals surface area contributed by atoms with Gasteiger partial charge in [0, 0.05) is 39.8 Å². The molecule has 1 heterocycles. The van der Waals surface area contributed by atoms with Crippen molar-refractivity contribution in [1.82, 2.24) is 15.5 Å². The third-order valence-electron chi connectivity index (χ3n) is 5.85. The maximum Gasteiger partial charge on any atom is 0.191 e. The molecular weight excluding hydrogens is 511 g/mol. The van der Waals surface area contributed by atoms with E-state index in [-0.39, 0.29) is 24.0 Å². The number of guanidine groups is 1. The molecule has 1 fully saturated rings. The lowest BCUT2D eigenvalue weighted by Gasteiger charge is -2.27. The number of benzene rings is 3. The minimum absolute atomic E-state index is 0. The molecular formula is C26H33IN4O. The van der Waals surface area contributed by atoms with Crippen LogP contribution in [0.15, 0.2) is 71.7 Å². The Kier molecular flexibility index (Phi) is 9.77. The normalized spacial score (nSPS) is 14.7. The molecule has 3 aromatic carbocycles. The molecule has 3 aromatic rings. The molecule has 0 unspecified atom stereocenters. The average molecular weight is 544 g/mol. The summed E-state index contributed by atoms with van der Waals surface area (Å²) in [5.41, 5.74) is 4.03. The summed E-state index contributed by atoms with van der Waals surface area (Å²) in [7, 11) is 1.83. The van der Waals surface area contributed by atoms with Gasteiger partial charge in [-0.2, -0.15) is 0 Å². The summed E-state index contributed by atoms with van der Waals surface area (Å²) >= 11 is 0. The maximum atomic E-state index is 5.48. The molecule has 6 heteroatoms. The number of ether oxygens (including phenoxy) is 1. The van der Waals surface area contributed by atoms with Crippen LogP contribution in [0.25, 0.3) is 10.8 Å². The number of fused-ring (bicyclic) bond motifs is 1. The highest BCUT2D eigenvalue weighted by molar-refractivity contribution is 14.0. The highest BCUT2D eigenvalue weighted by atomic mass is 127. The lowest BCUT2D eigenvalue weighted by atomic mass is 10.0. The Balaban J connectivity index is 0.00000289. The summed E-state index contributed by atoms with van der Waals surface area (Å²) in [5, 5.41) is 9.56. The molecule has 0 bridgehead atoms. The summed E-state index contributed by atoms with van der Waals surface area (Å²) in [6.45, 7) is 6.21. The molecule has 0 radical (unpaired) electrons. The molecule has 0 aromatic heterocycles. The van der Waals surface area contributed by atoms with Crippen LogP contribution in [0.5, 0.6) is 0 Å². The number of hydrogen-bond acceptors (Lipinski definition) is 3. The van der Waals surface area contributed by atoms with Crippen molar-refractivity contribution in [3.05, 3.63) is 83.4 Å². The van der Waals surface area contributed by atoms with Crippen molar-refractivity contribution in [1.29, 1.82) is 0 Å². The molecule has 0 spiro atoms.